The number of carbonyl (C=O) groups is 1. The van der Waals surface area contributed by atoms with Crippen molar-refractivity contribution in [2.45, 2.75) is 25.3 Å². The minimum atomic E-state index is -0.0792. The number of hydrogen-bond donors (Lipinski definition) is 1. The standard InChI is InChI=1S/C25H30ClN3O3.ClH/c1-31-23-16-19-8-13-29(25(30)7-6-18-4-2-3-5-21(18)26)22(19)17-24(23)32-15-14-28-11-9-20(27)10-12-28;/h2-7,16-17,20H,8-15,27H2,1H3;1H/b7-6+;. The molecule has 8 heteroatoms. The van der Waals surface area contributed by atoms with Gasteiger partial charge in [0.15, 0.2) is 11.5 Å². The summed E-state index contributed by atoms with van der Waals surface area (Å²) >= 11 is 6.20. The molecule has 33 heavy (non-hydrogen) atoms. The number of piperidine rings is 1. The third-order valence-corrected chi connectivity index (χ3v) is 6.48. The predicted molar refractivity (Wildman–Crippen MR) is 136 cm³/mol. The predicted octanol–water partition coefficient (Wildman–Crippen LogP) is 4.17. The Morgan fingerprint density at radius 2 is 1.94 bits per heavy atom. The van der Waals surface area contributed by atoms with E-state index in [0.29, 0.717) is 35.7 Å². The lowest BCUT2D eigenvalue weighted by atomic mass is 10.1. The monoisotopic (exact) mass is 491 g/mol. The molecule has 0 saturated carbocycles. The molecule has 0 unspecified atom stereocenters. The van der Waals surface area contributed by atoms with Crippen molar-refractivity contribution in [2.75, 3.05) is 44.8 Å². The fourth-order valence-corrected chi connectivity index (χ4v) is 4.42. The van der Waals surface area contributed by atoms with Gasteiger partial charge in [-0.25, -0.2) is 0 Å². The molecule has 2 aliphatic heterocycles. The van der Waals surface area contributed by atoms with Crippen molar-refractivity contribution in [3.8, 4) is 11.5 Å². The van der Waals surface area contributed by atoms with Crippen molar-refractivity contribution in [2.24, 2.45) is 5.73 Å². The van der Waals surface area contributed by atoms with E-state index in [1.807, 2.05) is 36.4 Å². The SMILES string of the molecule is COc1cc2c(cc1OCCN1CCC(N)CC1)N(C(=O)/C=C/c1ccccc1Cl)CC2.Cl. The molecule has 6 nitrogen and oxygen atoms in total. The van der Waals surface area contributed by atoms with Gasteiger partial charge >= 0.3 is 0 Å². The molecule has 2 aromatic carbocycles. The van der Waals surface area contributed by atoms with Crippen LogP contribution in [0.3, 0.4) is 0 Å². The van der Waals surface area contributed by atoms with Gasteiger partial charge in [-0.2, -0.15) is 0 Å². The maximum Gasteiger partial charge on any atom is 0.251 e. The maximum absolute atomic E-state index is 12.9. The van der Waals surface area contributed by atoms with Gasteiger partial charge in [0, 0.05) is 36.3 Å². The molecule has 1 saturated heterocycles. The molecule has 2 aliphatic rings. The third-order valence-electron chi connectivity index (χ3n) is 6.13. The van der Waals surface area contributed by atoms with Crippen molar-refractivity contribution in [1.82, 2.24) is 4.90 Å². The normalized spacial score (nSPS) is 16.5. The van der Waals surface area contributed by atoms with Crippen LogP contribution in [0, 0.1) is 0 Å². The van der Waals surface area contributed by atoms with E-state index < -0.39 is 0 Å². The average molecular weight is 492 g/mol. The smallest absolute Gasteiger partial charge is 0.251 e. The van der Waals surface area contributed by atoms with Gasteiger partial charge in [-0.3, -0.25) is 9.69 Å². The van der Waals surface area contributed by atoms with E-state index in [0.717, 1.165) is 55.7 Å². The first kappa shape index (κ1) is 25.4. The number of amides is 1. The Morgan fingerprint density at radius 3 is 2.67 bits per heavy atom. The molecule has 0 bridgehead atoms. The average Bonchev–Trinajstić information content (AvgIpc) is 3.22. The molecule has 4 rings (SSSR count). The van der Waals surface area contributed by atoms with Crippen LogP contribution >= 0.6 is 24.0 Å². The summed E-state index contributed by atoms with van der Waals surface area (Å²) in [4.78, 5) is 17.1. The molecule has 2 heterocycles. The van der Waals surface area contributed by atoms with Crippen molar-refractivity contribution in [3.05, 3.63) is 58.6 Å². The van der Waals surface area contributed by atoms with Gasteiger partial charge in [-0.15, -0.1) is 12.4 Å². The second-order valence-corrected chi connectivity index (χ2v) is 8.66. The van der Waals surface area contributed by atoms with Crippen LogP contribution in [0.2, 0.25) is 5.02 Å². The Hall–Kier alpha value is -2.25. The summed E-state index contributed by atoms with van der Waals surface area (Å²) < 4.78 is 11.6. The molecule has 178 valence electrons. The van der Waals surface area contributed by atoms with Crippen LogP contribution in [-0.4, -0.2) is 56.7 Å². The summed E-state index contributed by atoms with van der Waals surface area (Å²) in [5, 5.41) is 0.620. The zero-order valence-corrected chi connectivity index (χ0v) is 20.4. The zero-order chi connectivity index (χ0) is 22.5. The van der Waals surface area contributed by atoms with Crippen LogP contribution in [0.25, 0.3) is 6.08 Å². The summed E-state index contributed by atoms with van der Waals surface area (Å²) in [6, 6.07) is 11.7. The molecule has 1 amide bonds. The minimum absolute atomic E-state index is 0. The molecule has 1 fully saturated rings. The first-order chi connectivity index (χ1) is 15.5. The zero-order valence-electron chi connectivity index (χ0n) is 18.8. The Morgan fingerprint density at radius 1 is 1.18 bits per heavy atom. The minimum Gasteiger partial charge on any atom is -0.493 e. The van der Waals surface area contributed by atoms with Gasteiger partial charge in [0.25, 0.3) is 5.91 Å². The molecule has 0 radical (unpaired) electrons. The summed E-state index contributed by atoms with van der Waals surface area (Å²) in [5.74, 6) is 1.28. The molecule has 0 spiro atoms. The lowest BCUT2D eigenvalue weighted by Gasteiger charge is -2.29. The van der Waals surface area contributed by atoms with Gasteiger partial charge in [-0.1, -0.05) is 29.8 Å². The van der Waals surface area contributed by atoms with Crippen LogP contribution in [0.1, 0.15) is 24.0 Å². The Balaban J connectivity index is 0.00000306. The highest BCUT2D eigenvalue weighted by Gasteiger charge is 2.26. The number of nitrogens with zero attached hydrogens (tertiary/aromatic N) is 2. The quantitative estimate of drug-likeness (QED) is 0.588. The fraction of sp³-hybridized carbons (Fsp3) is 0.400. The number of nitrogens with two attached hydrogens (primary N) is 1. The summed E-state index contributed by atoms with van der Waals surface area (Å²) in [7, 11) is 1.64. The highest BCUT2D eigenvalue weighted by Crippen LogP contribution is 2.39. The number of fused-ring (bicyclic) bond motifs is 1. The number of rotatable bonds is 7. The number of ether oxygens (including phenoxy) is 2. The number of halogens is 2. The lowest BCUT2D eigenvalue weighted by Crippen LogP contribution is -2.41. The number of methoxy groups -OCH3 is 1. The second kappa shape index (κ2) is 11.7. The molecule has 2 aromatic rings. The van der Waals surface area contributed by atoms with Crippen LogP contribution in [0.5, 0.6) is 11.5 Å². The van der Waals surface area contributed by atoms with E-state index in [2.05, 4.69) is 4.90 Å². The van der Waals surface area contributed by atoms with E-state index in [4.69, 9.17) is 26.8 Å². The van der Waals surface area contributed by atoms with Crippen LogP contribution < -0.4 is 20.1 Å². The fourth-order valence-electron chi connectivity index (χ4n) is 4.22. The van der Waals surface area contributed by atoms with E-state index in [-0.39, 0.29) is 18.3 Å². The van der Waals surface area contributed by atoms with Gasteiger partial charge in [-0.05, 0) is 61.7 Å². The third kappa shape index (κ3) is 6.21. The molecular weight excluding hydrogens is 461 g/mol. The van der Waals surface area contributed by atoms with Crippen LogP contribution in [-0.2, 0) is 11.2 Å². The van der Waals surface area contributed by atoms with E-state index >= 15 is 0 Å². The highest BCUT2D eigenvalue weighted by molar-refractivity contribution is 6.32. The maximum atomic E-state index is 12.9. The molecule has 0 aromatic heterocycles. The van der Waals surface area contributed by atoms with Gasteiger partial charge in [0.05, 0.1) is 12.8 Å². The van der Waals surface area contributed by atoms with Crippen molar-refractivity contribution in [1.29, 1.82) is 0 Å². The summed E-state index contributed by atoms with van der Waals surface area (Å²) in [6.45, 7) is 4.04. The van der Waals surface area contributed by atoms with Gasteiger partial charge in [0.1, 0.15) is 6.61 Å². The number of benzene rings is 2. The van der Waals surface area contributed by atoms with Gasteiger partial charge in [0.2, 0.25) is 0 Å². The lowest BCUT2D eigenvalue weighted by molar-refractivity contribution is -0.114. The first-order valence-electron chi connectivity index (χ1n) is 11.1. The number of likely N-dealkylation sites (tertiary alicyclic amines) is 1. The molecule has 0 atom stereocenters. The molecule has 0 aliphatic carbocycles. The first-order valence-corrected chi connectivity index (χ1v) is 11.5. The van der Waals surface area contributed by atoms with Gasteiger partial charge < -0.3 is 20.1 Å². The topological polar surface area (TPSA) is 68.0 Å². The Bertz CT molecular complexity index is 991. The largest absolute Gasteiger partial charge is 0.493 e. The van der Waals surface area contributed by atoms with Crippen molar-refractivity contribution < 1.29 is 14.3 Å². The number of hydrogen-bond acceptors (Lipinski definition) is 5. The molecular formula is C25H31Cl2N3O3. The Kier molecular flexibility index (Phi) is 9.03. The van der Waals surface area contributed by atoms with Crippen LogP contribution in [0.4, 0.5) is 5.69 Å². The number of anilines is 1. The van der Waals surface area contributed by atoms with E-state index in [1.54, 1.807) is 24.2 Å². The van der Waals surface area contributed by atoms with E-state index in [9.17, 15) is 4.79 Å². The van der Waals surface area contributed by atoms with Crippen molar-refractivity contribution >= 4 is 41.7 Å². The highest BCUT2D eigenvalue weighted by atomic mass is 35.5. The Labute approximate surface area is 206 Å². The summed E-state index contributed by atoms with van der Waals surface area (Å²) in [6.07, 6.45) is 6.17. The molecule has 2 N–H and O–H groups in total. The summed E-state index contributed by atoms with van der Waals surface area (Å²) in [5.41, 5.74) is 8.76. The van der Waals surface area contributed by atoms with E-state index in [1.165, 1.54) is 0 Å². The van der Waals surface area contributed by atoms with Crippen molar-refractivity contribution in [3.63, 3.8) is 0 Å². The number of carbonyl (C=O) groups excluding carboxylic acids is 1. The van der Waals surface area contributed by atoms with Crippen LogP contribution in [0.15, 0.2) is 42.5 Å². The second-order valence-electron chi connectivity index (χ2n) is 8.25.